The normalized spacial score (nSPS) is 10.7. The number of nitrogens with one attached hydrogen (secondary N) is 1. The van der Waals surface area contributed by atoms with Gasteiger partial charge in [-0.25, -0.2) is 0 Å². The van der Waals surface area contributed by atoms with E-state index in [2.05, 4.69) is 11.9 Å². The summed E-state index contributed by atoms with van der Waals surface area (Å²) in [6.45, 7) is 3.87. The predicted molar refractivity (Wildman–Crippen MR) is 140 cm³/mol. The van der Waals surface area contributed by atoms with Crippen LogP contribution < -0.4 is 14.8 Å². The summed E-state index contributed by atoms with van der Waals surface area (Å²) in [5.74, 6) is 0.0204. The summed E-state index contributed by atoms with van der Waals surface area (Å²) in [6.07, 6.45) is 3.40. The fourth-order valence-corrected chi connectivity index (χ4v) is 3.47. The third-order valence-corrected chi connectivity index (χ3v) is 5.26. The van der Waals surface area contributed by atoms with Gasteiger partial charge in [0.2, 0.25) is 0 Å². The van der Waals surface area contributed by atoms with Crippen LogP contribution in [0.4, 0.5) is 17.1 Å². The van der Waals surface area contributed by atoms with Crippen LogP contribution in [0.25, 0.3) is 6.08 Å². The van der Waals surface area contributed by atoms with Crippen molar-refractivity contribution in [1.29, 1.82) is 5.26 Å². The second-order valence-corrected chi connectivity index (χ2v) is 7.85. The topological polar surface area (TPSA) is 158 Å². The summed E-state index contributed by atoms with van der Waals surface area (Å²) < 4.78 is 11.5. The number of nitrogens with zero attached hydrogens (tertiary/aromatic N) is 3. The number of carbonyl (C=O) groups is 1. The van der Waals surface area contributed by atoms with E-state index in [9.17, 15) is 30.3 Å². The van der Waals surface area contributed by atoms with Crippen molar-refractivity contribution in [3.05, 3.63) is 116 Å². The van der Waals surface area contributed by atoms with Crippen molar-refractivity contribution in [2.45, 2.75) is 13.0 Å². The Hall–Kier alpha value is -5.50. The Morgan fingerprint density at radius 3 is 2.39 bits per heavy atom. The zero-order valence-electron chi connectivity index (χ0n) is 20.2. The molecule has 0 aliphatic rings. The number of benzene rings is 3. The number of amides is 1. The molecular formula is C27H22N4O7. The number of carbonyl (C=O) groups excluding carboxylic acids is 1. The molecule has 0 fully saturated rings. The van der Waals surface area contributed by atoms with Crippen LogP contribution in [-0.2, 0) is 17.8 Å². The second kappa shape index (κ2) is 12.5. The molecule has 3 rings (SSSR count). The summed E-state index contributed by atoms with van der Waals surface area (Å²) in [5, 5.41) is 33.9. The third kappa shape index (κ3) is 6.79. The molecule has 3 aromatic carbocycles. The van der Waals surface area contributed by atoms with E-state index in [1.165, 1.54) is 49.6 Å². The first-order valence-electron chi connectivity index (χ1n) is 11.1. The van der Waals surface area contributed by atoms with Crippen LogP contribution in [0.5, 0.6) is 11.5 Å². The minimum Gasteiger partial charge on any atom is -0.493 e. The molecular weight excluding hydrogens is 492 g/mol. The molecule has 11 nitrogen and oxygen atoms in total. The fraction of sp³-hybridized carbons (Fsp3) is 0.111. The highest BCUT2D eigenvalue weighted by Crippen LogP contribution is 2.35. The van der Waals surface area contributed by atoms with Crippen LogP contribution in [0.2, 0.25) is 0 Å². The summed E-state index contributed by atoms with van der Waals surface area (Å²) >= 11 is 0. The third-order valence-electron chi connectivity index (χ3n) is 5.26. The maximum atomic E-state index is 12.7. The number of nitro benzene ring substituents is 2. The van der Waals surface area contributed by atoms with Crippen LogP contribution in [0.3, 0.4) is 0 Å². The number of hydrogen-bond acceptors (Lipinski definition) is 8. The summed E-state index contributed by atoms with van der Waals surface area (Å²) in [5.41, 5.74) is 1.56. The second-order valence-electron chi connectivity index (χ2n) is 7.85. The molecule has 38 heavy (non-hydrogen) atoms. The molecule has 0 saturated heterocycles. The first-order valence-corrected chi connectivity index (χ1v) is 11.1. The standard InChI is InChI=1S/C27H22N4O7/c1-3-5-20-12-19(13-21(16-28)27(32)29-22-6-4-7-24(15-22)31(35)36)14-25(37-2)26(20)38-17-18-8-10-23(11-9-18)30(33)34/h3-4,6-15H,1,5,17H2,2H3,(H,29,32)/b21-13+. The van der Waals surface area contributed by atoms with Gasteiger partial charge in [-0.3, -0.25) is 25.0 Å². The Labute approximate surface area is 217 Å². The van der Waals surface area contributed by atoms with Gasteiger partial charge in [-0.1, -0.05) is 12.1 Å². The van der Waals surface area contributed by atoms with Gasteiger partial charge >= 0.3 is 0 Å². The summed E-state index contributed by atoms with van der Waals surface area (Å²) in [6, 6.07) is 16.5. The molecule has 192 valence electrons. The molecule has 0 bridgehead atoms. The van der Waals surface area contributed by atoms with Crippen LogP contribution in [0, 0.1) is 31.6 Å². The minimum atomic E-state index is -0.740. The van der Waals surface area contributed by atoms with Gasteiger partial charge in [0.15, 0.2) is 11.5 Å². The number of hydrogen-bond donors (Lipinski definition) is 1. The van der Waals surface area contributed by atoms with Gasteiger partial charge in [0.05, 0.1) is 17.0 Å². The highest BCUT2D eigenvalue weighted by Gasteiger charge is 2.16. The van der Waals surface area contributed by atoms with Gasteiger partial charge in [-0.2, -0.15) is 5.26 Å². The first kappa shape index (κ1) is 27.1. The molecule has 0 aliphatic heterocycles. The number of allylic oxidation sites excluding steroid dienone is 1. The molecule has 0 saturated carbocycles. The highest BCUT2D eigenvalue weighted by atomic mass is 16.6. The SMILES string of the molecule is C=CCc1cc(/C=C(\C#N)C(=O)Nc2cccc([N+](=O)[O-])c2)cc(OC)c1OCc1ccc([N+](=O)[O-])cc1. The van der Waals surface area contributed by atoms with Gasteiger partial charge in [0.25, 0.3) is 17.3 Å². The zero-order valence-corrected chi connectivity index (χ0v) is 20.2. The average molecular weight is 514 g/mol. The van der Waals surface area contributed by atoms with Crippen molar-refractivity contribution in [2.75, 3.05) is 12.4 Å². The van der Waals surface area contributed by atoms with E-state index in [1.807, 2.05) is 6.07 Å². The van der Waals surface area contributed by atoms with Crippen molar-refractivity contribution in [1.82, 2.24) is 0 Å². The molecule has 0 radical (unpaired) electrons. The Morgan fingerprint density at radius 2 is 1.79 bits per heavy atom. The number of methoxy groups -OCH3 is 1. The predicted octanol–water partition coefficient (Wildman–Crippen LogP) is 5.36. The molecule has 0 aliphatic carbocycles. The largest absolute Gasteiger partial charge is 0.493 e. The minimum absolute atomic E-state index is 0.0300. The number of non-ortho nitro benzene ring substituents is 2. The van der Waals surface area contributed by atoms with E-state index in [1.54, 1.807) is 30.3 Å². The van der Waals surface area contributed by atoms with Crippen LogP contribution >= 0.6 is 0 Å². The molecule has 0 heterocycles. The summed E-state index contributed by atoms with van der Waals surface area (Å²) in [4.78, 5) is 33.5. The van der Waals surface area contributed by atoms with Gasteiger partial charge in [-0.15, -0.1) is 6.58 Å². The number of ether oxygens (including phenoxy) is 2. The highest BCUT2D eigenvalue weighted by molar-refractivity contribution is 6.09. The lowest BCUT2D eigenvalue weighted by Crippen LogP contribution is -2.13. The number of nitriles is 1. The number of rotatable bonds is 11. The average Bonchev–Trinajstić information content (AvgIpc) is 2.91. The fourth-order valence-electron chi connectivity index (χ4n) is 3.47. The van der Waals surface area contributed by atoms with Gasteiger partial charge in [0, 0.05) is 35.5 Å². The Kier molecular flexibility index (Phi) is 8.88. The number of anilines is 1. The van der Waals surface area contributed by atoms with E-state index in [0.717, 1.165) is 0 Å². The van der Waals surface area contributed by atoms with Crippen LogP contribution in [0.1, 0.15) is 16.7 Å². The van der Waals surface area contributed by atoms with Crippen molar-refractivity contribution in [2.24, 2.45) is 0 Å². The lowest BCUT2D eigenvalue weighted by Gasteiger charge is -2.16. The Bertz CT molecular complexity index is 1460. The van der Waals surface area contributed by atoms with Crippen molar-refractivity contribution < 1.29 is 24.1 Å². The Morgan fingerprint density at radius 1 is 1.08 bits per heavy atom. The zero-order chi connectivity index (χ0) is 27.7. The maximum Gasteiger partial charge on any atom is 0.271 e. The molecule has 0 unspecified atom stereocenters. The van der Waals surface area contributed by atoms with Crippen molar-refractivity contribution >= 4 is 29.0 Å². The Balaban J connectivity index is 1.87. The molecule has 1 N–H and O–H groups in total. The molecule has 1 amide bonds. The van der Waals surface area contributed by atoms with Crippen LogP contribution in [-0.4, -0.2) is 22.9 Å². The smallest absolute Gasteiger partial charge is 0.271 e. The van der Waals surface area contributed by atoms with Crippen LogP contribution in [0.15, 0.2) is 78.9 Å². The van der Waals surface area contributed by atoms with E-state index in [-0.39, 0.29) is 29.2 Å². The molecule has 11 heteroatoms. The summed E-state index contributed by atoms with van der Waals surface area (Å²) in [7, 11) is 1.44. The molecule has 0 aromatic heterocycles. The van der Waals surface area contributed by atoms with E-state index in [0.29, 0.717) is 34.6 Å². The molecule has 0 spiro atoms. The quantitative estimate of drug-likeness (QED) is 0.118. The number of nitro groups is 2. The lowest BCUT2D eigenvalue weighted by molar-refractivity contribution is -0.385. The first-order chi connectivity index (χ1) is 18.2. The van der Waals surface area contributed by atoms with E-state index in [4.69, 9.17) is 9.47 Å². The van der Waals surface area contributed by atoms with Gasteiger partial charge in [0.1, 0.15) is 18.2 Å². The van der Waals surface area contributed by atoms with Gasteiger partial charge in [-0.05, 0) is 54.0 Å². The van der Waals surface area contributed by atoms with E-state index >= 15 is 0 Å². The molecule has 3 aromatic rings. The van der Waals surface area contributed by atoms with Crippen molar-refractivity contribution in [3.63, 3.8) is 0 Å². The molecule has 0 atom stereocenters. The van der Waals surface area contributed by atoms with E-state index < -0.39 is 15.8 Å². The van der Waals surface area contributed by atoms with Crippen molar-refractivity contribution in [3.8, 4) is 17.6 Å². The maximum absolute atomic E-state index is 12.7. The van der Waals surface area contributed by atoms with Gasteiger partial charge < -0.3 is 14.8 Å². The monoisotopic (exact) mass is 514 g/mol. The lowest BCUT2D eigenvalue weighted by atomic mass is 10.0.